The maximum Gasteiger partial charge on any atom is 0.265 e. The minimum Gasteiger partial charge on any atom is -0.497 e. The van der Waals surface area contributed by atoms with Crippen LogP contribution in [-0.2, 0) is 20.8 Å². The van der Waals surface area contributed by atoms with Crippen LogP contribution in [0, 0.1) is 0 Å². The summed E-state index contributed by atoms with van der Waals surface area (Å²) >= 11 is 0. The van der Waals surface area contributed by atoms with Gasteiger partial charge in [-0.05, 0) is 42.3 Å². The van der Waals surface area contributed by atoms with Gasteiger partial charge in [0, 0.05) is 12.2 Å². The van der Waals surface area contributed by atoms with Gasteiger partial charge in [-0.2, -0.15) is 0 Å². The predicted octanol–water partition coefficient (Wildman–Crippen LogP) is 2.13. The summed E-state index contributed by atoms with van der Waals surface area (Å²) < 4.78 is 10.6. The second-order valence-electron chi connectivity index (χ2n) is 6.87. The molecule has 0 fully saturated rings. The first-order chi connectivity index (χ1) is 14.5. The van der Waals surface area contributed by atoms with Crippen molar-refractivity contribution in [3.8, 4) is 11.5 Å². The van der Waals surface area contributed by atoms with Crippen LogP contribution < -0.4 is 25.0 Å². The van der Waals surface area contributed by atoms with Gasteiger partial charge in [0.1, 0.15) is 18.0 Å². The largest absolute Gasteiger partial charge is 0.497 e. The number of ether oxygens (including phenoxy) is 2. The van der Waals surface area contributed by atoms with Crippen molar-refractivity contribution in [1.82, 2.24) is 5.32 Å². The van der Waals surface area contributed by atoms with Crippen LogP contribution in [0.1, 0.15) is 18.9 Å². The van der Waals surface area contributed by atoms with Gasteiger partial charge in [0.2, 0.25) is 11.8 Å². The second-order valence-corrected chi connectivity index (χ2v) is 6.87. The maximum atomic E-state index is 12.4. The first-order valence-electron chi connectivity index (χ1n) is 9.77. The third-order valence-corrected chi connectivity index (χ3v) is 4.58. The summed E-state index contributed by atoms with van der Waals surface area (Å²) in [7, 11) is 1.59. The van der Waals surface area contributed by atoms with Gasteiger partial charge in [0.25, 0.3) is 5.91 Å². The predicted molar refractivity (Wildman–Crippen MR) is 113 cm³/mol. The van der Waals surface area contributed by atoms with Crippen LogP contribution in [0.4, 0.5) is 11.4 Å². The molecule has 1 heterocycles. The zero-order valence-corrected chi connectivity index (χ0v) is 17.1. The van der Waals surface area contributed by atoms with E-state index in [4.69, 9.17) is 9.47 Å². The Hall–Kier alpha value is -3.55. The number of fused-ring (bicyclic) bond motifs is 1. The van der Waals surface area contributed by atoms with Crippen LogP contribution in [0.3, 0.4) is 0 Å². The van der Waals surface area contributed by atoms with Gasteiger partial charge in [-0.15, -0.1) is 0 Å². The summed E-state index contributed by atoms with van der Waals surface area (Å²) in [5.74, 6) is 0.464. The number of hydrogen-bond donors (Lipinski definition) is 2. The number of carbonyl (C=O) groups is 3. The quantitative estimate of drug-likeness (QED) is 0.694. The van der Waals surface area contributed by atoms with E-state index in [9.17, 15) is 14.4 Å². The summed E-state index contributed by atoms with van der Waals surface area (Å²) in [6.07, 6.45) is 1.00. The zero-order valence-electron chi connectivity index (χ0n) is 17.1. The minimum atomic E-state index is -0.309. The van der Waals surface area contributed by atoms with Crippen molar-refractivity contribution < 1.29 is 23.9 Å². The number of methoxy groups -OCH3 is 1. The van der Waals surface area contributed by atoms with Crippen LogP contribution >= 0.6 is 0 Å². The van der Waals surface area contributed by atoms with Crippen molar-refractivity contribution in [2.45, 2.75) is 19.8 Å². The van der Waals surface area contributed by atoms with E-state index in [1.165, 1.54) is 4.90 Å². The van der Waals surface area contributed by atoms with Crippen molar-refractivity contribution in [3.63, 3.8) is 0 Å². The third-order valence-electron chi connectivity index (χ3n) is 4.58. The lowest BCUT2D eigenvalue weighted by molar-refractivity contribution is -0.125. The van der Waals surface area contributed by atoms with E-state index < -0.39 is 0 Å². The fourth-order valence-corrected chi connectivity index (χ4v) is 3.05. The third kappa shape index (κ3) is 5.28. The van der Waals surface area contributed by atoms with Crippen LogP contribution in [0.15, 0.2) is 42.5 Å². The van der Waals surface area contributed by atoms with E-state index in [1.54, 1.807) is 37.4 Å². The molecule has 0 saturated heterocycles. The molecule has 0 atom stereocenters. The minimum absolute atomic E-state index is 0.0988. The molecule has 3 amide bonds. The highest BCUT2D eigenvalue weighted by molar-refractivity contribution is 6.03. The van der Waals surface area contributed by atoms with Crippen LogP contribution in [0.2, 0.25) is 0 Å². The van der Waals surface area contributed by atoms with E-state index in [0.717, 1.165) is 17.7 Å². The monoisotopic (exact) mass is 411 g/mol. The molecule has 0 saturated carbocycles. The van der Waals surface area contributed by atoms with Crippen molar-refractivity contribution >= 4 is 29.1 Å². The van der Waals surface area contributed by atoms with Crippen molar-refractivity contribution in [2.24, 2.45) is 0 Å². The molecule has 0 aromatic heterocycles. The fraction of sp³-hybridized carbons (Fsp3) is 0.318. The summed E-state index contributed by atoms with van der Waals surface area (Å²) in [4.78, 5) is 38.2. The van der Waals surface area contributed by atoms with Crippen molar-refractivity contribution in [1.29, 1.82) is 0 Å². The summed E-state index contributed by atoms with van der Waals surface area (Å²) in [5.41, 5.74) is 1.82. The van der Waals surface area contributed by atoms with Gasteiger partial charge in [0.15, 0.2) is 6.61 Å². The molecule has 0 aliphatic carbocycles. The second kappa shape index (κ2) is 9.78. The molecule has 8 heteroatoms. The number of benzene rings is 2. The van der Waals surface area contributed by atoms with E-state index in [0.29, 0.717) is 23.7 Å². The fourth-order valence-electron chi connectivity index (χ4n) is 3.05. The lowest BCUT2D eigenvalue weighted by Gasteiger charge is -2.29. The van der Waals surface area contributed by atoms with E-state index in [2.05, 4.69) is 10.6 Å². The highest BCUT2D eigenvalue weighted by atomic mass is 16.5. The van der Waals surface area contributed by atoms with E-state index >= 15 is 0 Å². The molecule has 2 aromatic rings. The molecule has 30 heavy (non-hydrogen) atoms. The Bertz CT molecular complexity index is 927. The van der Waals surface area contributed by atoms with Gasteiger partial charge in [-0.3, -0.25) is 19.3 Å². The number of nitrogens with one attached hydrogen (secondary N) is 2. The Morgan fingerprint density at radius 2 is 1.90 bits per heavy atom. The summed E-state index contributed by atoms with van der Waals surface area (Å²) in [6, 6.07) is 12.3. The standard InChI is InChI=1S/C22H25N3O5/c1-3-10-23-21(27)13-25-18-12-16(6-9-19(18)30-14-22(25)28)24-20(26)11-15-4-7-17(29-2)8-5-15/h4-9,12H,3,10-11,13-14H2,1-2H3,(H,23,27)(H,24,26). The molecule has 0 spiro atoms. The Balaban J connectivity index is 1.70. The van der Waals surface area contributed by atoms with Crippen LogP contribution in [-0.4, -0.2) is 44.5 Å². The number of nitrogens with zero attached hydrogens (tertiary/aromatic N) is 1. The SMILES string of the molecule is CCCNC(=O)CN1C(=O)COc2ccc(NC(=O)Cc3ccc(OC)cc3)cc21. The van der Waals surface area contributed by atoms with Gasteiger partial charge in [-0.1, -0.05) is 19.1 Å². The molecule has 0 radical (unpaired) electrons. The number of hydrogen-bond acceptors (Lipinski definition) is 5. The Morgan fingerprint density at radius 1 is 1.13 bits per heavy atom. The lowest BCUT2D eigenvalue weighted by Crippen LogP contribution is -2.45. The molecular formula is C22H25N3O5. The Labute approximate surface area is 175 Å². The van der Waals surface area contributed by atoms with Gasteiger partial charge in [0.05, 0.1) is 19.2 Å². The molecule has 1 aliphatic heterocycles. The zero-order chi connectivity index (χ0) is 21.5. The van der Waals surface area contributed by atoms with Crippen molar-refractivity contribution in [3.05, 3.63) is 48.0 Å². The van der Waals surface area contributed by atoms with Gasteiger partial charge >= 0.3 is 0 Å². The van der Waals surface area contributed by atoms with Crippen LogP contribution in [0.25, 0.3) is 0 Å². The summed E-state index contributed by atoms with van der Waals surface area (Å²) in [5, 5.41) is 5.59. The van der Waals surface area contributed by atoms with Gasteiger partial charge in [-0.25, -0.2) is 0 Å². The molecule has 8 nitrogen and oxygen atoms in total. The Kier molecular flexibility index (Phi) is 6.90. The molecule has 0 bridgehead atoms. The molecule has 3 rings (SSSR count). The highest BCUT2D eigenvalue weighted by Crippen LogP contribution is 2.34. The molecule has 2 aromatic carbocycles. The maximum absolute atomic E-state index is 12.4. The lowest BCUT2D eigenvalue weighted by atomic mass is 10.1. The normalized spacial score (nSPS) is 12.6. The molecular weight excluding hydrogens is 386 g/mol. The summed E-state index contributed by atoms with van der Waals surface area (Å²) in [6.45, 7) is 2.28. The highest BCUT2D eigenvalue weighted by Gasteiger charge is 2.27. The average Bonchev–Trinajstić information content (AvgIpc) is 2.75. The number of rotatable bonds is 8. The number of amides is 3. The molecule has 1 aliphatic rings. The Morgan fingerprint density at radius 3 is 2.60 bits per heavy atom. The van der Waals surface area contributed by atoms with Gasteiger partial charge < -0.3 is 20.1 Å². The average molecular weight is 411 g/mol. The molecule has 2 N–H and O–H groups in total. The molecule has 0 unspecified atom stereocenters. The smallest absolute Gasteiger partial charge is 0.265 e. The first-order valence-corrected chi connectivity index (χ1v) is 9.77. The van der Waals surface area contributed by atoms with Crippen molar-refractivity contribution in [2.75, 3.05) is 37.0 Å². The number of anilines is 2. The van der Waals surface area contributed by atoms with E-state index in [1.807, 2.05) is 19.1 Å². The molecule has 158 valence electrons. The first kappa shape index (κ1) is 21.2. The van der Waals surface area contributed by atoms with Crippen LogP contribution in [0.5, 0.6) is 11.5 Å². The van der Waals surface area contributed by atoms with E-state index in [-0.39, 0.29) is 37.3 Å². The topological polar surface area (TPSA) is 97.0 Å². The number of carbonyl (C=O) groups excluding carboxylic acids is 3.